The minimum atomic E-state index is -0.287. The van der Waals surface area contributed by atoms with Crippen LogP contribution < -0.4 is 10.9 Å². The molecule has 1 N–H and O–H groups in total. The highest BCUT2D eigenvalue weighted by molar-refractivity contribution is 6.32. The number of hydrogen-bond donors (Lipinski definition) is 1. The van der Waals surface area contributed by atoms with Crippen molar-refractivity contribution < 1.29 is 4.74 Å². The molecular formula is C11H18ClN3O2. The van der Waals surface area contributed by atoms with Crippen LogP contribution in [-0.4, -0.2) is 30.0 Å². The molecule has 0 amide bonds. The molecular weight excluding hydrogens is 242 g/mol. The van der Waals surface area contributed by atoms with Crippen molar-refractivity contribution in [3.63, 3.8) is 0 Å². The average Bonchev–Trinajstić information content (AvgIpc) is 2.34. The summed E-state index contributed by atoms with van der Waals surface area (Å²) in [5.74, 6) is 0. The highest BCUT2D eigenvalue weighted by atomic mass is 35.5. The van der Waals surface area contributed by atoms with E-state index in [9.17, 15) is 4.79 Å². The molecule has 6 heteroatoms. The largest absolute Gasteiger partial charge is 0.383 e. The van der Waals surface area contributed by atoms with Crippen molar-refractivity contribution in [2.75, 3.05) is 25.6 Å². The Morgan fingerprint density at radius 1 is 1.59 bits per heavy atom. The van der Waals surface area contributed by atoms with Crippen LogP contribution in [0.3, 0.4) is 0 Å². The van der Waals surface area contributed by atoms with Crippen LogP contribution in [-0.2, 0) is 11.3 Å². The maximum Gasteiger partial charge on any atom is 0.287 e. The Kier molecular flexibility index (Phi) is 6.00. The van der Waals surface area contributed by atoms with Crippen LogP contribution in [0.5, 0.6) is 0 Å². The Morgan fingerprint density at radius 2 is 2.35 bits per heavy atom. The van der Waals surface area contributed by atoms with Crippen molar-refractivity contribution in [1.29, 1.82) is 0 Å². The van der Waals surface area contributed by atoms with Crippen molar-refractivity contribution in [3.05, 3.63) is 21.6 Å². The highest BCUT2D eigenvalue weighted by Crippen LogP contribution is 2.14. The fourth-order valence-electron chi connectivity index (χ4n) is 1.33. The number of ether oxygens (including phenoxy) is 1. The number of hydrogen-bond acceptors (Lipinski definition) is 4. The van der Waals surface area contributed by atoms with E-state index in [4.69, 9.17) is 16.3 Å². The molecule has 1 aromatic heterocycles. The number of halogens is 1. The molecule has 0 aliphatic heterocycles. The lowest BCUT2D eigenvalue weighted by atomic mass is 10.3. The van der Waals surface area contributed by atoms with Crippen molar-refractivity contribution in [3.8, 4) is 0 Å². The van der Waals surface area contributed by atoms with Gasteiger partial charge in [-0.3, -0.25) is 4.79 Å². The first-order valence-corrected chi connectivity index (χ1v) is 6.07. The Hall–Kier alpha value is -1.07. The lowest BCUT2D eigenvalue weighted by molar-refractivity contribution is 0.182. The zero-order valence-corrected chi connectivity index (χ0v) is 11.0. The summed E-state index contributed by atoms with van der Waals surface area (Å²) >= 11 is 5.98. The van der Waals surface area contributed by atoms with Gasteiger partial charge in [0.25, 0.3) is 5.56 Å². The van der Waals surface area contributed by atoms with Gasteiger partial charge in [0, 0.05) is 13.7 Å². The van der Waals surface area contributed by atoms with Gasteiger partial charge in [-0.1, -0.05) is 24.9 Å². The summed E-state index contributed by atoms with van der Waals surface area (Å²) in [6.45, 7) is 3.74. The molecule has 0 radical (unpaired) electrons. The lowest BCUT2D eigenvalue weighted by Crippen LogP contribution is -2.26. The number of aromatic nitrogens is 2. The topological polar surface area (TPSA) is 56.1 Å². The van der Waals surface area contributed by atoms with Crippen molar-refractivity contribution in [1.82, 2.24) is 9.78 Å². The van der Waals surface area contributed by atoms with E-state index in [0.29, 0.717) is 18.8 Å². The second-order valence-corrected chi connectivity index (χ2v) is 4.05. The fraction of sp³-hybridized carbons (Fsp3) is 0.636. The first-order chi connectivity index (χ1) is 8.20. The third kappa shape index (κ3) is 4.02. The van der Waals surface area contributed by atoms with Crippen LogP contribution in [0.2, 0.25) is 5.02 Å². The average molecular weight is 260 g/mol. The summed E-state index contributed by atoms with van der Waals surface area (Å²) in [5, 5.41) is 7.32. The first-order valence-electron chi connectivity index (χ1n) is 5.69. The second-order valence-electron chi connectivity index (χ2n) is 3.67. The molecule has 0 aromatic carbocycles. The summed E-state index contributed by atoms with van der Waals surface area (Å²) in [4.78, 5) is 11.8. The Balaban J connectivity index is 2.76. The molecule has 0 saturated carbocycles. The van der Waals surface area contributed by atoms with Gasteiger partial charge in [-0.05, 0) is 6.42 Å². The summed E-state index contributed by atoms with van der Waals surface area (Å²) in [7, 11) is 1.58. The van der Waals surface area contributed by atoms with E-state index in [-0.39, 0.29) is 10.6 Å². The molecule has 0 aliphatic carbocycles. The number of nitrogens with zero attached hydrogens (tertiary/aromatic N) is 2. The number of nitrogens with one attached hydrogen (secondary N) is 1. The SMILES string of the molecule is CCCCNc1cnn(CCOC)c(=O)c1Cl. The zero-order chi connectivity index (χ0) is 12.7. The van der Waals surface area contributed by atoms with E-state index in [2.05, 4.69) is 17.3 Å². The molecule has 0 saturated heterocycles. The minimum Gasteiger partial charge on any atom is -0.383 e. The molecule has 0 unspecified atom stereocenters. The number of anilines is 1. The summed E-state index contributed by atoms with van der Waals surface area (Å²) < 4.78 is 6.19. The lowest BCUT2D eigenvalue weighted by Gasteiger charge is -2.09. The second kappa shape index (κ2) is 7.29. The van der Waals surface area contributed by atoms with Crippen LogP contribution in [0.25, 0.3) is 0 Å². The van der Waals surface area contributed by atoms with Crippen LogP contribution in [0, 0.1) is 0 Å². The molecule has 0 spiro atoms. The molecule has 96 valence electrons. The maximum absolute atomic E-state index is 11.8. The number of methoxy groups -OCH3 is 1. The molecule has 1 rings (SSSR count). The standard InChI is InChI=1S/C11H18ClN3O2/c1-3-4-5-13-9-8-14-15(6-7-17-2)11(16)10(9)12/h8,13H,3-7H2,1-2H3. The van der Waals surface area contributed by atoms with Gasteiger partial charge in [0.2, 0.25) is 0 Å². The van der Waals surface area contributed by atoms with E-state index in [0.717, 1.165) is 19.4 Å². The number of unbranched alkanes of at least 4 members (excludes halogenated alkanes) is 1. The van der Waals surface area contributed by atoms with Crippen LogP contribution in [0.1, 0.15) is 19.8 Å². The molecule has 1 heterocycles. The van der Waals surface area contributed by atoms with Gasteiger partial charge >= 0.3 is 0 Å². The van der Waals surface area contributed by atoms with Crippen molar-refractivity contribution in [2.24, 2.45) is 0 Å². The maximum atomic E-state index is 11.8. The zero-order valence-electron chi connectivity index (χ0n) is 10.2. The van der Waals surface area contributed by atoms with Crippen molar-refractivity contribution in [2.45, 2.75) is 26.3 Å². The molecule has 0 aliphatic rings. The Morgan fingerprint density at radius 3 is 3.00 bits per heavy atom. The molecule has 1 aromatic rings. The summed E-state index contributed by atoms with van der Waals surface area (Å²) in [6.07, 6.45) is 3.70. The van der Waals surface area contributed by atoms with E-state index >= 15 is 0 Å². The predicted molar refractivity (Wildman–Crippen MR) is 68.8 cm³/mol. The van der Waals surface area contributed by atoms with Gasteiger partial charge in [-0.2, -0.15) is 5.10 Å². The molecule has 0 bridgehead atoms. The van der Waals surface area contributed by atoms with Gasteiger partial charge < -0.3 is 10.1 Å². The Labute approximate surface area is 106 Å². The minimum absolute atomic E-state index is 0.187. The fourth-order valence-corrected chi connectivity index (χ4v) is 1.54. The van der Waals surface area contributed by atoms with Gasteiger partial charge in [-0.15, -0.1) is 0 Å². The molecule has 0 atom stereocenters. The summed E-state index contributed by atoms with van der Waals surface area (Å²) in [5.41, 5.74) is 0.309. The molecule has 5 nitrogen and oxygen atoms in total. The first kappa shape index (κ1) is 14.0. The third-order valence-corrected chi connectivity index (χ3v) is 2.70. The van der Waals surface area contributed by atoms with Gasteiger partial charge in [0.15, 0.2) is 0 Å². The number of rotatable bonds is 7. The molecule has 0 fully saturated rings. The monoisotopic (exact) mass is 259 g/mol. The Bertz CT molecular complexity index is 406. The van der Waals surface area contributed by atoms with Crippen LogP contribution in [0.15, 0.2) is 11.0 Å². The summed E-state index contributed by atoms with van der Waals surface area (Å²) in [6, 6.07) is 0. The van der Waals surface area contributed by atoms with Crippen LogP contribution in [0.4, 0.5) is 5.69 Å². The van der Waals surface area contributed by atoms with Gasteiger partial charge in [0.05, 0.1) is 25.0 Å². The smallest absolute Gasteiger partial charge is 0.287 e. The van der Waals surface area contributed by atoms with E-state index in [1.54, 1.807) is 13.3 Å². The molecule has 17 heavy (non-hydrogen) atoms. The van der Waals surface area contributed by atoms with Gasteiger partial charge in [0.1, 0.15) is 5.02 Å². The van der Waals surface area contributed by atoms with Gasteiger partial charge in [-0.25, -0.2) is 4.68 Å². The van der Waals surface area contributed by atoms with Crippen molar-refractivity contribution >= 4 is 17.3 Å². The van der Waals surface area contributed by atoms with E-state index < -0.39 is 0 Å². The van der Waals surface area contributed by atoms with E-state index in [1.165, 1.54) is 4.68 Å². The predicted octanol–water partition coefficient (Wildman–Crippen LogP) is 1.76. The quantitative estimate of drug-likeness (QED) is 0.758. The van der Waals surface area contributed by atoms with Crippen LogP contribution >= 0.6 is 11.6 Å². The normalized spacial score (nSPS) is 10.5. The van der Waals surface area contributed by atoms with E-state index in [1.807, 2.05) is 0 Å². The third-order valence-electron chi connectivity index (χ3n) is 2.34. The highest BCUT2D eigenvalue weighted by Gasteiger charge is 2.08.